The van der Waals surface area contributed by atoms with Gasteiger partial charge in [-0.25, -0.2) is 4.39 Å². The molecule has 0 fully saturated rings. The summed E-state index contributed by atoms with van der Waals surface area (Å²) in [5, 5.41) is 12.5. The first-order valence-electron chi connectivity index (χ1n) is 6.73. The Morgan fingerprint density at radius 2 is 2.11 bits per heavy atom. The van der Waals surface area contributed by atoms with Crippen molar-refractivity contribution in [2.45, 2.75) is 39.2 Å². The van der Waals surface area contributed by atoms with Crippen molar-refractivity contribution in [1.29, 1.82) is 0 Å². The van der Waals surface area contributed by atoms with Gasteiger partial charge in [0.1, 0.15) is 5.82 Å². The molecule has 2 unspecified atom stereocenters. The van der Waals surface area contributed by atoms with E-state index in [1.54, 1.807) is 12.1 Å². The quantitative estimate of drug-likeness (QED) is 0.798. The Morgan fingerprint density at radius 3 is 2.74 bits per heavy atom. The predicted octanol–water partition coefficient (Wildman–Crippen LogP) is 2.80. The molecule has 0 radical (unpaired) electrons. The fraction of sp³-hybridized carbons (Fsp3) is 0.533. The normalized spacial score (nSPS) is 13.9. The van der Waals surface area contributed by atoms with Crippen LogP contribution in [-0.2, 0) is 4.79 Å². The predicted molar refractivity (Wildman–Crippen MR) is 73.1 cm³/mol. The van der Waals surface area contributed by atoms with Crippen molar-refractivity contribution in [2.75, 3.05) is 6.54 Å². The average molecular weight is 267 g/mol. The second-order valence-corrected chi connectivity index (χ2v) is 4.94. The maximum Gasteiger partial charge on any atom is 0.220 e. The standard InChI is InChI=1S/C15H22FNO2/c1-3-6-11(2)9-15(19)17-10-14(18)12-7-4-5-8-13(12)16/h4-5,7-8,11,14,18H,3,6,9-10H2,1-2H3,(H,17,19). The highest BCUT2D eigenvalue weighted by atomic mass is 19.1. The highest BCUT2D eigenvalue weighted by molar-refractivity contribution is 5.76. The molecule has 1 aromatic carbocycles. The van der Waals surface area contributed by atoms with Gasteiger partial charge in [-0.1, -0.05) is 44.9 Å². The van der Waals surface area contributed by atoms with Crippen molar-refractivity contribution in [3.05, 3.63) is 35.6 Å². The molecule has 2 N–H and O–H groups in total. The number of hydrogen-bond donors (Lipinski definition) is 2. The number of hydrogen-bond acceptors (Lipinski definition) is 2. The zero-order valence-electron chi connectivity index (χ0n) is 11.5. The zero-order valence-corrected chi connectivity index (χ0v) is 11.5. The lowest BCUT2D eigenvalue weighted by Gasteiger charge is -2.14. The first kappa shape index (κ1) is 15.6. The highest BCUT2D eigenvalue weighted by Crippen LogP contribution is 2.16. The van der Waals surface area contributed by atoms with Crippen LogP contribution in [0, 0.1) is 11.7 Å². The molecule has 0 bridgehead atoms. The molecule has 0 aromatic heterocycles. The Labute approximate surface area is 113 Å². The van der Waals surface area contributed by atoms with Crippen LogP contribution < -0.4 is 5.32 Å². The molecule has 0 saturated heterocycles. The van der Waals surface area contributed by atoms with Gasteiger partial charge in [-0.15, -0.1) is 0 Å². The van der Waals surface area contributed by atoms with Gasteiger partial charge in [0.15, 0.2) is 0 Å². The number of aliphatic hydroxyl groups excluding tert-OH is 1. The van der Waals surface area contributed by atoms with Crippen LogP contribution in [0.25, 0.3) is 0 Å². The van der Waals surface area contributed by atoms with Crippen LogP contribution in [0.3, 0.4) is 0 Å². The minimum absolute atomic E-state index is 0.0403. The Bertz CT molecular complexity index is 409. The van der Waals surface area contributed by atoms with Gasteiger partial charge in [0, 0.05) is 18.5 Å². The molecule has 4 heteroatoms. The van der Waals surface area contributed by atoms with Crippen LogP contribution in [0.15, 0.2) is 24.3 Å². The van der Waals surface area contributed by atoms with Crippen LogP contribution in [0.1, 0.15) is 44.8 Å². The van der Waals surface area contributed by atoms with E-state index in [2.05, 4.69) is 12.2 Å². The van der Waals surface area contributed by atoms with Crippen LogP contribution in [-0.4, -0.2) is 17.6 Å². The minimum atomic E-state index is -1.01. The van der Waals surface area contributed by atoms with Gasteiger partial charge in [0.2, 0.25) is 5.91 Å². The van der Waals surface area contributed by atoms with E-state index in [0.29, 0.717) is 12.3 Å². The fourth-order valence-corrected chi connectivity index (χ4v) is 2.05. The third-order valence-corrected chi connectivity index (χ3v) is 3.07. The summed E-state index contributed by atoms with van der Waals surface area (Å²) in [6, 6.07) is 6.04. The van der Waals surface area contributed by atoms with Gasteiger partial charge >= 0.3 is 0 Å². The highest BCUT2D eigenvalue weighted by Gasteiger charge is 2.14. The van der Waals surface area contributed by atoms with E-state index in [9.17, 15) is 14.3 Å². The molecule has 0 aliphatic carbocycles. The summed E-state index contributed by atoms with van der Waals surface area (Å²) in [6.07, 6.45) is 1.49. The maximum atomic E-state index is 13.4. The molecule has 1 aromatic rings. The minimum Gasteiger partial charge on any atom is -0.386 e. The Hall–Kier alpha value is -1.42. The summed E-state index contributed by atoms with van der Waals surface area (Å²) in [5.41, 5.74) is 0.212. The smallest absolute Gasteiger partial charge is 0.220 e. The number of halogens is 1. The summed E-state index contributed by atoms with van der Waals surface area (Å²) in [5.74, 6) is -0.226. The first-order valence-corrected chi connectivity index (χ1v) is 6.73. The number of rotatable bonds is 7. The zero-order chi connectivity index (χ0) is 14.3. The second kappa shape index (κ2) is 7.89. The molecular weight excluding hydrogens is 245 g/mol. The molecule has 106 valence electrons. The van der Waals surface area contributed by atoms with Gasteiger partial charge < -0.3 is 10.4 Å². The first-order chi connectivity index (χ1) is 9.04. The third kappa shape index (κ3) is 5.39. The lowest BCUT2D eigenvalue weighted by molar-refractivity contribution is -0.122. The van der Waals surface area contributed by atoms with Crippen molar-refractivity contribution >= 4 is 5.91 Å². The molecule has 0 saturated carbocycles. The van der Waals surface area contributed by atoms with E-state index in [4.69, 9.17) is 0 Å². The molecular formula is C15H22FNO2. The van der Waals surface area contributed by atoms with Crippen molar-refractivity contribution in [2.24, 2.45) is 5.92 Å². The van der Waals surface area contributed by atoms with Crippen LogP contribution in [0.2, 0.25) is 0 Å². The lowest BCUT2D eigenvalue weighted by atomic mass is 10.0. The Balaban J connectivity index is 2.40. The molecule has 0 heterocycles. The van der Waals surface area contributed by atoms with E-state index in [-0.39, 0.29) is 18.0 Å². The molecule has 0 spiro atoms. The van der Waals surface area contributed by atoms with Gasteiger partial charge in [-0.2, -0.15) is 0 Å². The molecule has 1 rings (SSSR count). The van der Waals surface area contributed by atoms with Gasteiger partial charge in [0.05, 0.1) is 6.10 Å². The van der Waals surface area contributed by atoms with Crippen molar-refractivity contribution in [3.8, 4) is 0 Å². The summed E-state index contributed by atoms with van der Waals surface area (Å²) >= 11 is 0. The van der Waals surface area contributed by atoms with E-state index in [1.807, 2.05) is 6.92 Å². The number of aliphatic hydroxyl groups is 1. The van der Waals surface area contributed by atoms with Crippen LogP contribution in [0.5, 0.6) is 0 Å². The van der Waals surface area contributed by atoms with Gasteiger partial charge in [-0.3, -0.25) is 4.79 Å². The van der Waals surface area contributed by atoms with E-state index < -0.39 is 11.9 Å². The number of carbonyl (C=O) groups is 1. The second-order valence-electron chi connectivity index (χ2n) is 4.94. The number of nitrogens with one attached hydrogen (secondary N) is 1. The van der Waals surface area contributed by atoms with Crippen LogP contribution in [0.4, 0.5) is 4.39 Å². The van der Waals surface area contributed by atoms with Crippen LogP contribution >= 0.6 is 0 Å². The topological polar surface area (TPSA) is 49.3 Å². The molecule has 0 aliphatic heterocycles. The molecule has 19 heavy (non-hydrogen) atoms. The number of benzene rings is 1. The van der Waals surface area contributed by atoms with E-state index >= 15 is 0 Å². The molecule has 1 amide bonds. The fourth-order valence-electron chi connectivity index (χ4n) is 2.05. The van der Waals surface area contributed by atoms with Crippen molar-refractivity contribution in [1.82, 2.24) is 5.32 Å². The number of amides is 1. The summed E-state index contributed by atoms with van der Waals surface area (Å²) < 4.78 is 13.4. The average Bonchev–Trinajstić information content (AvgIpc) is 2.36. The summed E-state index contributed by atoms with van der Waals surface area (Å²) in [6.45, 7) is 4.14. The van der Waals surface area contributed by atoms with Gasteiger partial charge in [0.25, 0.3) is 0 Å². The molecule has 0 aliphatic rings. The van der Waals surface area contributed by atoms with Crippen molar-refractivity contribution in [3.63, 3.8) is 0 Å². The Kier molecular flexibility index (Phi) is 6.50. The van der Waals surface area contributed by atoms with E-state index in [1.165, 1.54) is 12.1 Å². The third-order valence-electron chi connectivity index (χ3n) is 3.07. The SMILES string of the molecule is CCCC(C)CC(=O)NCC(O)c1ccccc1F. The molecule has 3 nitrogen and oxygen atoms in total. The summed E-state index contributed by atoms with van der Waals surface area (Å²) in [4.78, 5) is 11.6. The summed E-state index contributed by atoms with van der Waals surface area (Å²) in [7, 11) is 0. The van der Waals surface area contributed by atoms with E-state index in [0.717, 1.165) is 12.8 Å². The monoisotopic (exact) mass is 267 g/mol. The largest absolute Gasteiger partial charge is 0.386 e. The molecule has 2 atom stereocenters. The maximum absolute atomic E-state index is 13.4. The Morgan fingerprint density at radius 1 is 1.42 bits per heavy atom. The van der Waals surface area contributed by atoms with Crippen molar-refractivity contribution < 1.29 is 14.3 Å². The van der Waals surface area contributed by atoms with Gasteiger partial charge in [-0.05, 0) is 12.0 Å². The number of carbonyl (C=O) groups excluding carboxylic acids is 1. The lowest BCUT2D eigenvalue weighted by Crippen LogP contribution is -2.29.